The average molecular weight is 456 g/mol. The number of benzene rings is 3. The predicted octanol–water partition coefficient (Wildman–Crippen LogP) is 4.49. The quantitative estimate of drug-likeness (QED) is 0.379. The number of hydrogen-bond donors (Lipinski definition) is 2. The molecule has 34 heavy (non-hydrogen) atoms. The first kappa shape index (κ1) is 21.0. The third-order valence-corrected chi connectivity index (χ3v) is 5.12. The van der Waals surface area contributed by atoms with Crippen LogP contribution in [0.4, 0.5) is 0 Å². The van der Waals surface area contributed by atoms with Gasteiger partial charge < -0.3 is 23.9 Å². The number of phenols is 1. The van der Waals surface area contributed by atoms with Crippen molar-refractivity contribution in [3.63, 3.8) is 0 Å². The molecule has 0 saturated carbocycles. The highest BCUT2D eigenvalue weighted by atomic mass is 16.5. The highest BCUT2D eigenvalue weighted by molar-refractivity contribution is 5.89. The third-order valence-electron chi connectivity index (χ3n) is 5.12. The van der Waals surface area contributed by atoms with E-state index < -0.39 is 5.97 Å². The molecule has 0 atom stereocenters. The molecule has 3 aromatic carbocycles. The van der Waals surface area contributed by atoms with Gasteiger partial charge in [0.05, 0.1) is 16.5 Å². The molecule has 0 aliphatic rings. The van der Waals surface area contributed by atoms with Crippen molar-refractivity contribution in [1.29, 1.82) is 0 Å². The highest BCUT2D eigenvalue weighted by Gasteiger charge is 2.13. The standard InChI is InChI=1S/C25H16N2O7/c28-17-6-4-14(5-7-17)20-12-33-21-11-18(8-9-19(21)23(20)29)32-13-22-26-24(34-27-22)15-2-1-3-16(10-15)25(30)31/h1-12,28H,13H2,(H,30,31). The van der Waals surface area contributed by atoms with Crippen LogP contribution in [0.15, 0.2) is 86.7 Å². The van der Waals surface area contributed by atoms with Crippen LogP contribution in [-0.2, 0) is 6.61 Å². The molecule has 0 radical (unpaired) electrons. The molecule has 2 heterocycles. The molecule has 0 saturated heterocycles. The molecule has 2 aromatic heterocycles. The molecule has 0 aliphatic carbocycles. The van der Waals surface area contributed by atoms with Gasteiger partial charge in [0, 0.05) is 11.6 Å². The fourth-order valence-corrected chi connectivity index (χ4v) is 3.40. The lowest BCUT2D eigenvalue weighted by atomic mass is 10.1. The number of carbonyl (C=O) groups is 1. The topological polar surface area (TPSA) is 136 Å². The van der Waals surface area contributed by atoms with Crippen LogP contribution in [0.25, 0.3) is 33.6 Å². The van der Waals surface area contributed by atoms with Crippen LogP contribution < -0.4 is 10.2 Å². The fourth-order valence-electron chi connectivity index (χ4n) is 3.40. The molecule has 5 aromatic rings. The molecule has 0 amide bonds. The lowest BCUT2D eigenvalue weighted by Gasteiger charge is -2.06. The molecule has 0 bridgehead atoms. The number of hydrogen-bond acceptors (Lipinski definition) is 8. The number of nitrogens with zero attached hydrogens (tertiary/aromatic N) is 2. The van der Waals surface area contributed by atoms with Crippen LogP contribution in [-0.4, -0.2) is 26.3 Å². The van der Waals surface area contributed by atoms with E-state index in [-0.39, 0.29) is 35.1 Å². The smallest absolute Gasteiger partial charge is 0.335 e. The highest BCUT2D eigenvalue weighted by Crippen LogP contribution is 2.25. The van der Waals surface area contributed by atoms with Gasteiger partial charge in [-0.2, -0.15) is 4.98 Å². The third kappa shape index (κ3) is 4.09. The van der Waals surface area contributed by atoms with Gasteiger partial charge in [-0.1, -0.05) is 23.4 Å². The van der Waals surface area contributed by atoms with Crippen molar-refractivity contribution in [3.8, 4) is 34.1 Å². The summed E-state index contributed by atoms with van der Waals surface area (Å²) in [5, 5.41) is 22.8. The van der Waals surface area contributed by atoms with E-state index in [9.17, 15) is 14.7 Å². The minimum atomic E-state index is -1.05. The first-order valence-corrected chi connectivity index (χ1v) is 10.1. The Morgan fingerprint density at radius 2 is 1.82 bits per heavy atom. The van der Waals surface area contributed by atoms with Gasteiger partial charge in [0.1, 0.15) is 23.3 Å². The number of carboxylic acid groups (broad SMARTS) is 1. The summed E-state index contributed by atoms with van der Waals surface area (Å²) >= 11 is 0. The fraction of sp³-hybridized carbons (Fsp3) is 0.0400. The van der Waals surface area contributed by atoms with Gasteiger partial charge in [-0.3, -0.25) is 4.79 Å². The maximum atomic E-state index is 12.9. The van der Waals surface area contributed by atoms with Crippen molar-refractivity contribution in [2.75, 3.05) is 0 Å². The summed E-state index contributed by atoms with van der Waals surface area (Å²) in [7, 11) is 0. The van der Waals surface area contributed by atoms with E-state index in [0.717, 1.165) is 0 Å². The number of fused-ring (bicyclic) bond motifs is 1. The first-order chi connectivity index (χ1) is 16.5. The van der Waals surface area contributed by atoms with Crippen molar-refractivity contribution in [3.05, 3.63) is 94.6 Å². The molecule has 0 unspecified atom stereocenters. The first-order valence-electron chi connectivity index (χ1n) is 10.1. The summed E-state index contributed by atoms with van der Waals surface area (Å²) in [6, 6.07) is 17.3. The summed E-state index contributed by atoms with van der Waals surface area (Å²) in [5.74, 6) is -0.0681. The lowest BCUT2D eigenvalue weighted by molar-refractivity contribution is 0.0697. The maximum Gasteiger partial charge on any atom is 0.335 e. The van der Waals surface area contributed by atoms with Crippen LogP contribution in [0.1, 0.15) is 16.2 Å². The normalized spacial score (nSPS) is 10.9. The molecular formula is C25H16N2O7. The van der Waals surface area contributed by atoms with E-state index >= 15 is 0 Å². The van der Waals surface area contributed by atoms with Crippen LogP contribution in [0, 0.1) is 0 Å². The maximum absolute atomic E-state index is 12.9. The Morgan fingerprint density at radius 1 is 1.00 bits per heavy atom. The zero-order valence-electron chi connectivity index (χ0n) is 17.5. The second-order valence-electron chi connectivity index (χ2n) is 7.37. The molecule has 0 fully saturated rings. The van der Waals surface area contributed by atoms with Crippen LogP contribution in [0.3, 0.4) is 0 Å². The lowest BCUT2D eigenvalue weighted by Crippen LogP contribution is -2.05. The number of rotatable bonds is 6. The summed E-state index contributed by atoms with van der Waals surface area (Å²) < 4.78 is 16.6. The van der Waals surface area contributed by atoms with E-state index in [0.29, 0.717) is 33.4 Å². The van der Waals surface area contributed by atoms with Crippen molar-refractivity contribution in [1.82, 2.24) is 10.1 Å². The monoisotopic (exact) mass is 456 g/mol. The molecular weight excluding hydrogens is 440 g/mol. The Bertz CT molecular complexity index is 1570. The van der Waals surface area contributed by atoms with Crippen LogP contribution in [0.5, 0.6) is 11.5 Å². The number of ether oxygens (including phenoxy) is 1. The molecule has 0 spiro atoms. The Balaban J connectivity index is 1.34. The van der Waals surface area contributed by atoms with Gasteiger partial charge in [-0.15, -0.1) is 0 Å². The van der Waals surface area contributed by atoms with Gasteiger partial charge in [-0.25, -0.2) is 4.79 Å². The Morgan fingerprint density at radius 3 is 2.62 bits per heavy atom. The summed E-state index contributed by atoms with van der Waals surface area (Å²) in [6.07, 6.45) is 1.37. The van der Waals surface area contributed by atoms with Crippen molar-refractivity contribution < 1.29 is 28.7 Å². The summed E-state index contributed by atoms with van der Waals surface area (Å²) in [4.78, 5) is 28.3. The predicted molar refractivity (Wildman–Crippen MR) is 121 cm³/mol. The van der Waals surface area contributed by atoms with E-state index in [1.54, 1.807) is 42.5 Å². The van der Waals surface area contributed by atoms with Gasteiger partial charge in [-0.05, 0) is 48.0 Å². The number of aromatic carboxylic acids is 1. The molecule has 5 rings (SSSR count). The zero-order valence-corrected chi connectivity index (χ0v) is 17.5. The van der Waals surface area contributed by atoms with E-state index in [4.69, 9.17) is 18.8 Å². The molecule has 0 aliphatic heterocycles. The van der Waals surface area contributed by atoms with Crippen LogP contribution in [0.2, 0.25) is 0 Å². The molecule has 9 nitrogen and oxygen atoms in total. The number of carboxylic acids is 1. The van der Waals surface area contributed by atoms with Gasteiger partial charge in [0.2, 0.25) is 5.82 Å². The minimum absolute atomic E-state index is 0.0105. The molecule has 168 valence electrons. The van der Waals surface area contributed by atoms with Crippen molar-refractivity contribution >= 4 is 16.9 Å². The minimum Gasteiger partial charge on any atom is -0.508 e. The van der Waals surface area contributed by atoms with E-state index in [1.807, 2.05) is 0 Å². The van der Waals surface area contributed by atoms with Gasteiger partial charge in [0.25, 0.3) is 5.89 Å². The van der Waals surface area contributed by atoms with Gasteiger partial charge >= 0.3 is 5.97 Å². The second-order valence-corrected chi connectivity index (χ2v) is 7.37. The summed E-state index contributed by atoms with van der Waals surface area (Å²) in [6.45, 7) is -0.0105. The Kier molecular flexibility index (Phi) is 5.27. The van der Waals surface area contributed by atoms with E-state index in [2.05, 4.69) is 10.1 Å². The Labute approximate surface area is 191 Å². The second kappa shape index (κ2) is 8.55. The molecule has 2 N–H and O–H groups in total. The summed E-state index contributed by atoms with van der Waals surface area (Å²) in [5.41, 5.74) is 1.76. The van der Waals surface area contributed by atoms with Crippen LogP contribution >= 0.6 is 0 Å². The Hall–Kier alpha value is -4.92. The van der Waals surface area contributed by atoms with Crippen molar-refractivity contribution in [2.45, 2.75) is 6.61 Å². The number of aromatic hydroxyl groups is 1. The zero-order chi connectivity index (χ0) is 23.7. The van der Waals surface area contributed by atoms with Gasteiger partial charge in [0.15, 0.2) is 12.0 Å². The largest absolute Gasteiger partial charge is 0.508 e. The number of aromatic nitrogens is 2. The average Bonchev–Trinajstić information content (AvgIpc) is 3.33. The SMILES string of the molecule is O=C(O)c1cccc(-c2nc(COc3ccc4c(=O)c(-c5ccc(O)cc5)coc4c3)no2)c1. The van der Waals surface area contributed by atoms with E-state index in [1.165, 1.54) is 30.5 Å². The number of phenolic OH excluding ortho intramolecular Hbond substituents is 1. The molecule has 9 heteroatoms. The van der Waals surface area contributed by atoms with Crippen molar-refractivity contribution in [2.24, 2.45) is 0 Å².